The fourth-order valence-electron chi connectivity index (χ4n) is 2.76. The second-order valence-electron chi connectivity index (χ2n) is 5.02. The topological polar surface area (TPSA) is 60.9 Å². The molecule has 0 amide bonds. The molecule has 6 heteroatoms. The van der Waals surface area contributed by atoms with Crippen LogP contribution in [-0.2, 0) is 10.0 Å². The van der Waals surface area contributed by atoms with Crippen molar-refractivity contribution >= 4 is 10.0 Å². The highest BCUT2D eigenvalue weighted by atomic mass is 32.2. The van der Waals surface area contributed by atoms with Crippen LogP contribution in [-0.4, -0.2) is 55.0 Å². The van der Waals surface area contributed by atoms with Crippen LogP contribution in [0.4, 0.5) is 0 Å². The molecule has 0 radical (unpaired) electrons. The van der Waals surface area contributed by atoms with E-state index < -0.39 is 10.0 Å². The molecule has 0 spiro atoms. The van der Waals surface area contributed by atoms with Crippen LogP contribution < -0.4 is 0 Å². The Morgan fingerprint density at radius 3 is 2.65 bits per heavy atom. The van der Waals surface area contributed by atoms with E-state index in [-0.39, 0.29) is 16.7 Å². The van der Waals surface area contributed by atoms with E-state index in [1.807, 2.05) is 0 Å². The van der Waals surface area contributed by atoms with Crippen LogP contribution in [0.15, 0.2) is 29.2 Å². The third-order valence-electron chi connectivity index (χ3n) is 3.91. The number of phenols is 1. The Morgan fingerprint density at radius 2 is 2.05 bits per heavy atom. The molecular formula is C14H22N2O3S. The highest BCUT2D eigenvalue weighted by Gasteiger charge is 2.34. The number of rotatable bonds is 5. The molecular weight excluding hydrogens is 276 g/mol. The number of phenolic OH excluding ortho intramolecular Hbond substituents is 1. The molecule has 1 aromatic carbocycles. The maximum atomic E-state index is 12.5. The second-order valence-corrected chi connectivity index (χ2v) is 6.96. The summed E-state index contributed by atoms with van der Waals surface area (Å²) >= 11 is 0. The summed E-state index contributed by atoms with van der Waals surface area (Å²) in [6, 6.07) is 6.15. The Hall–Kier alpha value is -1.11. The molecule has 1 saturated heterocycles. The van der Waals surface area contributed by atoms with Gasteiger partial charge in [-0.2, -0.15) is 4.31 Å². The number of hydrogen-bond donors (Lipinski definition) is 1. The molecule has 2 rings (SSSR count). The molecule has 0 saturated carbocycles. The largest absolute Gasteiger partial charge is 0.508 e. The van der Waals surface area contributed by atoms with Crippen molar-refractivity contribution < 1.29 is 13.5 Å². The van der Waals surface area contributed by atoms with Crippen LogP contribution in [0.1, 0.15) is 20.3 Å². The summed E-state index contributed by atoms with van der Waals surface area (Å²) in [5.74, 6) is -0.0226. The first kappa shape index (κ1) is 15.3. The average molecular weight is 298 g/mol. The lowest BCUT2D eigenvalue weighted by molar-refractivity contribution is 0.224. The predicted octanol–water partition coefficient (Wildman–Crippen LogP) is 1.50. The smallest absolute Gasteiger partial charge is 0.243 e. The molecule has 20 heavy (non-hydrogen) atoms. The zero-order valence-electron chi connectivity index (χ0n) is 12.0. The summed E-state index contributed by atoms with van der Waals surface area (Å²) < 4.78 is 26.6. The first-order chi connectivity index (χ1) is 9.48. The van der Waals surface area contributed by atoms with Gasteiger partial charge in [0, 0.05) is 19.1 Å². The van der Waals surface area contributed by atoms with Gasteiger partial charge in [-0.05, 0) is 37.7 Å². The van der Waals surface area contributed by atoms with Gasteiger partial charge in [0.1, 0.15) is 5.75 Å². The van der Waals surface area contributed by atoms with Crippen molar-refractivity contribution in [2.24, 2.45) is 0 Å². The van der Waals surface area contributed by atoms with Crippen LogP contribution in [0.2, 0.25) is 0 Å². The minimum atomic E-state index is -3.50. The Labute approximate surface area is 120 Å². The second kappa shape index (κ2) is 6.11. The Balaban J connectivity index is 2.16. The van der Waals surface area contributed by atoms with E-state index in [0.717, 1.165) is 19.5 Å². The number of likely N-dealkylation sites (N-methyl/N-ethyl adjacent to an activating group) is 1. The summed E-state index contributed by atoms with van der Waals surface area (Å²) in [5, 5.41) is 9.44. The lowest BCUT2D eigenvalue weighted by atomic mass is 10.2. The van der Waals surface area contributed by atoms with Crippen LogP contribution in [0, 0.1) is 0 Å². The number of sulfonamides is 1. The molecule has 0 bridgehead atoms. The van der Waals surface area contributed by atoms with Gasteiger partial charge in [-0.3, -0.25) is 4.90 Å². The fraction of sp³-hybridized carbons (Fsp3) is 0.571. The van der Waals surface area contributed by atoms with Gasteiger partial charge < -0.3 is 5.11 Å². The van der Waals surface area contributed by atoms with Gasteiger partial charge in [0.15, 0.2) is 0 Å². The monoisotopic (exact) mass is 298 g/mol. The normalized spacial score (nSPS) is 20.6. The SMILES string of the molecule is CCN(CC)C1CCN(S(=O)(=O)c2cccc(O)c2)C1. The summed E-state index contributed by atoms with van der Waals surface area (Å²) in [7, 11) is -3.50. The van der Waals surface area contributed by atoms with Gasteiger partial charge in [0.05, 0.1) is 4.90 Å². The Morgan fingerprint density at radius 1 is 1.35 bits per heavy atom. The minimum absolute atomic E-state index is 0.0226. The zero-order chi connectivity index (χ0) is 14.8. The van der Waals surface area contributed by atoms with Gasteiger partial charge >= 0.3 is 0 Å². The average Bonchev–Trinajstić information content (AvgIpc) is 2.90. The van der Waals surface area contributed by atoms with Gasteiger partial charge in [-0.1, -0.05) is 19.9 Å². The molecule has 1 aliphatic rings. The van der Waals surface area contributed by atoms with Crippen molar-refractivity contribution in [1.29, 1.82) is 0 Å². The first-order valence-corrected chi connectivity index (χ1v) is 8.46. The van der Waals surface area contributed by atoms with Crippen LogP contribution in [0.5, 0.6) is 5.75 Å². The molecule has 1 aromatic rings. The highest BCUT2D eigenvalue weighted by Crippen LogP contribution is 2.25. The fourth-order valence-corrected chi connectivity index (χ4v) is 4.29. The van der Waals surface area contributed by atoms with E-state index in [4.69, 9.17) is 0 Å². The molecule has 112 valence electrons. The standard InChI is InChI=1S/C14H22N2O3S/c1-3-15(4-2)12-8-9-16(11-12)20(18,19)14-7-5-6-13(17)10-14/h5-7,10,12,17H,3-4,8-9,11H2,1-2H3. The summed E-state index contributed by atoms with van der Waals surface area (Å²) in [6.45, 7) is 7.12. The molecule has 5 nitrogen and oxygen atoms in total. The van der Waals surface area contributed by atoms with E-state index in [2.05, 4.69) is 18.7 Å². The maximum Gasteiger partial charge on any atom is 0.243 e. The molecule has 1 N–H and O–H groups in total. The highest BCUT2D eigenvalue weighted by molar-refractivity contribution is 7.89. The lowest BCUT2D eigenvalue weighted by Crippen LogP contribution is -2.38. The van der Waals surface area contributed by atoms with E-state index in [9.17, 15) is 13.5 Å². The molecule has 0 aromatic heterocycles. The van der Waals surface area contributed by atoms with E-state index >= 15 is 0 Å². The number of benzene rings is 1. The molecule has 1 atom stereocenters. The van der Waals surface area contributed by atoms with Crippen molar-refractivity contribution in [1.82, 2.24) is 9.21 Å². The van der Waals surface area contributed by atoms with Crippen LogP contribution >= 0.6 is 0 Å². The predicted molar refractivity (Wildman–Crippen MR) is 78.2 cm³/mol. The number of nitrogens with zero attached hydrogens (tertiary/aromatic N) is 2. The number of aromatic hydroxyl groups is 1. The molecule has 1 unspecified atom stereocenters. The van der Waals surface area contributed by atoms with Crippen molar-refractivity contribution in [2.45, 2.75) is 31.2 Å². The van der Waals surface area contributed by atoms with E-state index in [1.54, 1.807) is 6.07 Å². The Bertz CT molecular complexity index is 555. The Kier molecular flexibility index (Phi) is 4.67. The van der Waals surface area contributed by atoms with Crippen LogP contribution in [0.25, 0.3) is 0 Å². The van der Waals surface area contributed by atoms with Gasteiger partial charge in [-0.25, -0.2) is 8.42 Å². The third kappa shape index (κ3) is 2.97. The van der Waals surface area contributed by atoms with Gasteiger partial charge in [0.2, 0.25) is 10.0 Å². The lowest BCUT2D eigenvalue weighted by Gasteiger charge is -2.26. The maximum absolute atomic E-state index is 12.5. The minimum Gasteiger partial charge on any atom is -0.508 e. The molecule has 0 aliphatic carbocycles. The third-order valence-corrected chi connectivity index (χ3v) is 5.77. The van der Waals surface area contributed by atoms with E-state index in [0.29, 0.717) is 13.1 Å². The van der Waals surface area contributed by atoms with Crippen molar-refractivity contribution in [3.05, 3.63) is 24.3 Å². The van der Waals surface area contributed by atoms with E-state index in [1.165, 1.54) is 22.5 Å². The van der Waals surface area contributed by atoms with Crippen molar-refractivity contribution in [3.8, 4) is 5.75 Å². The summed E-state index contributed by atoms with van der Waals surface area (Å²) in [5.41, 5.74) is 0. The molecule has 1 aliphatic heterocycles. The first-order valence-electron chi connectivity index (χ1n) is 7.02. The van der Waals surface area contributed by atoms with Gasteiger partial charge in [-0.15, -0.1) is 0 Å². The molecule has 1 fully saturated rings. The van der Waals surface area contributed by atoms with Crippen LogP contribution in [0.3, 0.4) is 0 Å². The molecule has 1 heterocycles. The summed E-state index contributed by atoms with van der Waals surface area (Å²) in [4.78, 5) is 2.45. The summed E-state index contributed by atoms with van der Waals surface area (Å²) in [6.07, 6.45) is 0.861. The number of hydrogen-bond acceptors (Lipinski definition) is 4. The van der Waals surface area contributed by atoms with Crippen molar-refractivity contribution in [3.63, 3.8) is 0 Å². The zero-order valence-corrected chi connectivity index (χ0v) is 12.8. The quantitative estimate of drug-likeness (QED) is 0.895. The van der Waals surface area contributed by atoms with Crippen molar-refractivity contribution in [2.75, 3.05) is 26.2 Å². The van der Waals surface area contributed by atoms with Gasteiger partial charge in [0.25, 0.3) is 0 Å².